The highest BCUT2D eigenvalue weighted by molar-refractivity contribution is 6.03. The van der Waals surface area contributed by atoms with E-state index in [1.54, 1.807) is 20.8 Å². The van der Waals surface area contributed by atoms with Crippen molar-refractivity contribution in [3.63, 3.8) is 0 Å². The topological polar surface area (TPSA) is 116 Å². The molecule has 2 heterocycles. The molecule has 0 spiro atoms. The molecule has 0 bridgehead atoms. The van der Waals surface area contributed by atoms with Gasteiger partial charge in [0.05, 0.1) is 28.9 Å². The van der Waals surface area contributed by atoms with E-state index in [1.807, 2.05) is 0 Å². The molecule has 3 aromatic rings. The fourth-order valence-electron chi connectivity index (χ4n) is 2.85. The van der Waals surface area contributed by atoms with Gasteiger partial charge in [0, 0.05) is 6.20 Å². The Morgan fingerprint density at radius 3 is 2.34 bits per heavy atom. The molecule has 0 atom stereocenters. The van der Waals surface area contributed by atoms with Crippen LogP contribution in [0.15, 0.2) is 36.5 Å². The standard InChI is InChI=1S/C20H19F3N4O5/c1-19(2,3)32-18(30)25-10-14-15-13(17(28)29)8-9-24-16(15)27(26-14)11-4-6-12(7-5-11)31-20(21,22)23/h4-9H,10H2,1-3H3,(H,25,30)(H,28,29). The van der Waals surface area contributed by atoms with Crippen molar-refractivity contribution in [2.75, 3.05) is 0 Å². The molecule has 0 aliphatic rings. The first-order chi connectivity index (χ1) is 14.8. The van der Waals surface area contributed by atoms with Crippen LogP contribution in [0.5, 0.6) is 5.75 Å². The van der Waals surface area contributed by atoms with Crippen LogP contribution in [-0.2, 0) is 11.3 Å². The van der Waals surface area contributed by atoms with Crippen LogP contribution in [0.2, 0.25) is 0 Å². The smallest absolute Gasteiger partial charge is 0.478 e. The van der Waals surface area contributed by atoms with Gasteiger partial charge in [0.1, 0.15) is 11.4 Å². The molecule has 12 heteroatoms. The summed E-state index contributed by atoms with van der Waals surface area (Å²) in [5.74, 6) is -1.66. The number of hydrogen-bond donors (Lipinski definition) is 2. The Morgan fingerprint density at radius 1 is 1.12 bits per heavy atom. The van der Waals surface area contributed by atoms with E-state index in [0.29, 0.717) is 5.69 Å². The Morgan fingerprint density at radius 2 is 1.78 bits per heavy atom. The van der Waals surface area contributed by atoms with Crippen molar-refractivity contribution in [3.05, 3.63) is 47.8 Å². The Bertz CT molecular complexity index is 1150. The molecule has 0 aliphatic heterocycles. The first-order valence-electron chi connectivity index (χ1n) is 9.27. The summed E-state index contributed by atoms with van der Waals surface area (Å²) in [7, 11) is 0. The summed E-state index contributed by atoms with van der Waals surface area (Å²) in [5.41, 5.74) is -0.191. The zero-order chi connectivity index (χ0) is 23.7. The number of carbonyl (C=O) groups is 2. The highest BCUT2D eigenvalue weighted by atomic mass is 19.4. The summed E-state index contributed by atoms with van der Waals surface area (Å²) in [6, 6.07) is 6.10. The summed E-state index contributed by atoms with van der Waals surface area (Å²) in [6.45, 7) is 4.90. The van der Waals surface area contributed by atoms with Crippen molar-refractivity contribution in [3.8, 4) is 11.4 Å². The van der Waals surface area contributed by atoms with E-state index in [1.165, 1.54) is 29.1 Å². The Balaban J connectivity index is 2.00. The van der Waals surface area contributed by atoms with Crippen LogP contribution >= 0.6 is 0 Å². The van der Waals surface area contributed by atoms with Crippen LogP contribution < -0.4 is 10.1 Å². The number of amides is 1. The maximum Gasteiger partial charge on any atom is 0.573 e. The lowest BCUT2D eigenvalue weighted by atomic mass is 10.1. The minimum Gasteiger partial charge on any atom is -0.478 e. The van der Waals surface area contributed by atoms with Gasteiger partial charge in [0.15, 0.2) is 5.65 Å². The van der Waals surface area contributed by atoms with Gasteiger partial charge in [-0.25, -0.2) is 19.3 Å². The van der Waals surface area contributed by atoms with Crippen LogP contribution in [0.3, 0.4) is 0 Å². The number of aromatic carboxylic acids is 1. The van der Waals surface area contributed by atoms with E-state index in [2.05, 4.69) is 20.1 Å². The summed E-state index contributed by atoms with van der Waals surface area (Å²) < 4.78 is 47.5. The predicted octanol–water partition coefficient (Wildman–Crippen LogP) is 4.04. The van der Waals surface area contributed by atoms with Gasteiger partial charge in [-0.3, -0.25) is 0 Å². The molecule has 0 saturated heterocycles. The molecular weight excluding hydrogens is 433 g/mol. The number of ether oxygens (including phenoxy) is 2. The highest BCUT2D eigenvalue weighted by Gasteiger charge is 2.31. The van der Waals surface area contributed by atoms with Gasteiger partial charge < -0.3 is 19.9 Å². The third-order valence-electron chi connectivity index (χ3n) is 3.99. The van der Waals surface area contributed by atoms with Gasteiger partial charge in [-0.15, -0.1) is 13.2 Å². The molecular formula is C20H19F3N4O5. The lowest BCUT2D eigenvalue weighted by Gasteiger charge is -2.19. The van der Waals surface area contributed by atoms with Crippen molar-refractivity contribution in [2.45, 2.75) is 39.3 Å². The maximum atomic E-state index is 12.4. The molecule has 2 aromatic heterocycles. The number of halogens is 3. The largest absolute Gasteiger partial charge is 0.573 e. The van der Waals surface area contributed by atoms with E-state index >= 15 is 0 Å². The molecule has 0 saturated carbocycles. The van der Waals surface area contributed by atoms with Crippen LogP contribution in [0.4, 0.5) is 18.0 Å². The van der Waals surface area contributed by atoms with Gasteiger partial charge >= 0.3 is 18.4 Å². The summed E-state index contributed by atoms with van der Waals surface area (Å²) in [6.07, 6.45) is -4.29. The molecule has 9 nitrogen and oxygen atoms in total. The quantitative estimate of drug-likeness (QED) is 0.600. The molecule has 1 aromatic carbocycles. The Hall–Kier alpha value is -3.83. The minimum absolute atomic E-state index is 0.0979. The fraction of sp³-hybridized carbons (Fsp3) is 0.300. The summed E-state index contributed by atoms with van der Waals surface area (Å²) in [4.78, 5) is 27.9. The van der Waals surface area contributed by atoms with Gasteiger partial charge in [0.2, 0.25) is 0 Å². The first kappa shape index (κ1) is 22.8. The lowest BCUT2D eigenvalue weighted by molar-refractivity contribution is -0.274. The van der Waals surface area contributed by atoms with Gasteiger partial charge in [-0.05, 0) is 51.1 Å². The van der Waals surface area contributed by atoms with Crippen molar-refractivity contribution >= 4 is 23.1 Å². The van der Waals surface area contributed by atoms with Crippen LogP contribution in [0.1, 0.15) is 36.8 Å². The number of carboxylic acid groups (broad SMARTS) is 1. The van der Waals surface area contributed by atoms with E-state index in [0.717, 1.165) is 12.1 Å². The van der Waals surface area contributed by atoms with Crippen molar-refractivity contribution in [1.82, 2.24) is 20.1 Å². The Kier molecular flexibility index (Phi) is 5.97. The zero-order valence-electron chi connectivity index (χ0n) is 17.2. The number of aromatic nitrogens is 3. The minimum atomic E-state index is -4.83. The van der Waals surface area contributed by atoms with E-state index in [-0.39, 0.29) is 28.8 Å². The fourth-order valence-corrected chi connectivity index (χ4v) is 2.85. The van der Waals surface area contributed by atoms with Crippen LogP contribution in [-0.4, -0.2) is 43.9 Å². The van der Waals surface area contributed by atoms with Gasteiger partial charge in [-0.1, -0.05) is 0 Å². The normalized spacial score (nSPS) is 11.9. The SMILES string of the molecule is CC(C)(C)OC(=O)NCc1nn(-c2ccc(OC(F)(F)F)cc2)c2nccc(C(=O)O)c12. The number of carbonyl (C=O) groups excluding carboxylic acids is 1. The van der Waals surface area contributed by atoms with Gasteiger partial charge in [-0.2, -0.15) is 5.10 Å². The molecule has 0 unspecified atom stereocenters. The monoisotopic (exact) mass is 452 g/mol. The number of nitrogens with one attached hydrogen (secondary N) is 1. The molecule has 0 radical (unpaired) electrons. The third kappa shape index (κ3) is 5.45. The van der Waals surface area contributed by atoms with Crippen molar-refractivity contribution in [1.29, 1.82) is 0 Å². The number of nitrogens with zero attached hydrogens (tertiary/aromatic N) is 3. The number of rotatable bonds is 5. The number of hydrogen-bond acceptors (Lipinski definition) is 6. The molecule has 1 amide bonds. The second kappa shape index (κ2) is 8.36. The third-order valence-corrected chi connectivity index (χ3v) is 3.99. The molecule has 0 aliphatic carbocycles. The predicted molar refractivity (Wildman–Crippen MR) is 106 cm³/mol. The van der Waals surface area contributed by atoms with Gasteiger partial charge in [0.25, 0.3) is 0 Å². The highest BCUT2D eigenvalue weighted by Crippen LogP contribution is 2.27. The Labute approximate surface area is 179 Å². The van der Waals surface area contributed by atoms with Crippen LogP contribution in [0, 0.1) is 0 Å². The molecule has 3 rings (SSSR count). The molecule has 2 N–H and O–H groups in total. The summed E-state index contributed by atoms with van der Waals surface area (Å²) in [5, 5.41) is 16.6. The molecule has 32 heavy (non-hydrogen) atoms. The van der Waals surface area contributed by atoms with Crippen molar-refractivity contribution < 1.29 is 37.3 Å². The zero-order valence-corrected chi connectivity index (χ0v) is 17.2. The number of alkyl carbamates (subject to hydrolysis) is 1. The molecule has 170 valence electrons. The van der Waals surface area contributed by atoms with E-state index in [9.17, 15) is 27.9 Å². The van der Waals surface area contributed by atoms with Crippen molar-refractivity contribution in [2.24, 2.45) is 0 Å². The number of benzene rings is 1. The average Bonchev–Trinajstić information content (AvgIpc) is 3.03. The second-order valence-corrected chi connectivity index (χ2v) is 7.62. The van der Waals surface area contributed by atoms with E-state index < -0.39 is 29.8 Å². The first-order valence-corrected chi connectivity index (χ1v) is 9.27. The summed E-state index contributed by atoms with van der Waals surface area (Å²) >= 11 is 0. The lowest BCUT2D eigenvalue weighted by Crippen LogP contribution is -2.32. The average molecular weight is 452 g/mol. The number of fused-ring (bicyclic) bond motifs is 1. The maximum absolute atomic E-state index is 12.4. The number of carboxylic acids is 1. The van der Waals surface area contributed by atoms with Crippen LogP contribution in [0.25, 0.3) is 16.7 Å². The number of pyridine rings is 1. The van der Waals surface area contributed by atoms with E-state index in [4.69, 9.17) is 4.74 Å². The molecule has 0 fully saturated rings. The second-order valence-electron chi connectivity index (χ2n) is 7.62. The number of alkyl halides is 3.